The van der Waals surface area contributed by atoms with Crippen molar-refractivity contribution in [2.45, 2.75) is 11.8 Å². The van der Waals surface area contributed by atoms with Gasteiger partial charge in [-0.05, 0) is 24.6 Å². The van der Waals surface area contributed by atoms with Crippen molar-refractivity contribution in [2.24, 2.45) is 0 Å². The number of hydrogen-bond acceptors (Lipinski definition) is 1. The summed E-state index contributed by atoms with van der Waals surface area (Å²) in [5.74, 6) is 0. The van der Waals surface area contributed by atoms with Crippen LogP contribution in [0.1, 0.15) is 12.5 Å². The highest BCUT2D eigenvalue weighted by Gasteiger charge is 1.87. The summed E-state index contributed by atoms with van der Waals surface area (Å²) in [4.78, 5) is 0.984. The first-order valence-electron chi connectivity index (χ1n) is 4.49. The molecule has 0 aliphatic carbocycles. The third-order valence-electron chi connectivity index (χ3n) is 1.79. The molecule has 72 valence electrons. The lowest BCUT2D eigenvalue weighted by Gasteiger charge is -1.94. The maximum atomic E-state index is 4.28. The fourth-order valence-electron chi connectivity index (χ4n) is 1.10. The van der Waals surface area contributed by atoms with E-state index in [9.17, 15) is 0 Å². The van der Waals surface area contributed by atoms with Gasteiger partial charge in [0, 0.05) is 4.90 Å². The minimum absolute atomic E-state index is 0.984. The van der Waals surface area contributed by atoms with E-state index in [1.54, 1.807) is 6.08 Å². The van der Waals surface area contributed by atoms with Crippen LogP contribution in [0.4, 0.5) is 0 Å². The van der Waals surface area contributed by atoms with Crippen molar-refractivity contribution in [1.29, 1.82) is 0 Å². The fraction of sp³-hybridized carbons (Fsp3) is 0.0769. The number of benzene rings is 1. The summed E-state index contributed by atoms with van der Waals surface area (Å²) in [6, 6.07) is 8.04. The number of thiol groups is 1. The van der Waals surface area contributed by atoms with E-state index in [-0.39, 0.29) is 0 Å². The second-order valence-corrected chi connectivity index (χ2v) is 3.59. The smallest absolute Gasteiger partial charge is 0.00459 e. The van der Waals surface area contributed by atoms with Gasteiger partial charge in [-0.25, -0.2) is 0 Å². The SMILES string of the molecule is C=C/C=C(C)/C=C\c1cccc(S)c1. The Balaban J connectivity index is 2.78. The van der Waals surface area contributed by atoms with Crippen LogP contribution in [0.3, 0.4) is 0 Å². The molecule has 14 heavy (non-hydrogen) atoms. The lowest BCUT2D eigenvalue weighted by molar-refractivity contribution is 1.45. The zero-order valence-corrected chi connectivity index (χ0v) is 9.17. The highest BCUT2D eigenvalue weighted by atomic mass is 32.1. The monoisotopic (exact) mass is 202 g/mol. The highest BCUT2D eigenvalue weighted by molar-refractivity contribution is 7.80. The molecule has 0 heterocycles. The zero-order chi connectivity index (χ0) is 10.4. The highest BCUT2D eigenvalue weighted by Crippen LogP contribution is 2.11. The van der Waals surface area contributed by atoms with Gasteiger partial charge < -0.3 is 0 Å². The van der Waals surface area contributed by atoms with E-state index in [0.717, 1.165) is 10.5 Å². The van der Waals surface area contributed by atoms with Crippen LogP contribution in [-0.2, 0) is 0 Å². The maximum Gasteiger partial charge on any atom is 0.00459 e. The summed E-state index contributed by atoms with van der Waals surface area (Å²) in [5.41, 5.74) is 2.35. The Morgan fingerprint density at radius 3 is 2.86 bits per heavy atom. The van der Waals surface area contributed by atoms with Crippen LogP contribution in [-0.4, -0.2) is 0 Å². The lowest BCUT2D eigenvalue weighted by atomic mass is 10.1. The lowest BCUT2D eigenvalue weighted by Crippen LogP contribution is -1.72. The Morgan fingerprint density at radius 1 is 1.43 bits per heavy atom. The van der Waals surface area contributed by atoms with Gasteiger partial charge in [0.1, 0.15) is 0 Å². The van der Waals surface area contributed by atoms with Gasteiger partial charge in [0.15, 0.2) is 0 Å². The minimum Gasteiger partial charge on any atom is -0.143 e. The Kier molecular flexibility index (Phi) is 4.27. The molecule has 0 amide bonds. The molecule has 0 radical (unpaired) electrons. The van der Waals surface area contributed by atoms with Gasteiger partial charge in [-0.2, -0.15) is 0 Å². The Hall–Kier alpha value is -1.21. The molecule has 0 saturated carbocycles. The van der Waals surface area contributed by atoms with E-state index in [1.807, 2.05) is 31.2 Å². The Morgan fingerprint density at radius 2 is 2.21 bits per heavy atom. The summed E-state index contributed by atoms with van der Waals surface area (Å²) in [5, 5.41) is 0. The third kappa shape index (κ3) is 3.67. The van der Waals surface area contributed by atoms with Crippen molar-refractivity contribution in [3.05, 3.63) is 60.2 Å². The van der Waals surface area contributed by atoms with Gasteiger partial charge in [-0.3, -0.25) is 0 Å². The van der Waals surface area contributed by atoms with Gasteiger partial charge in [0.05, 0.1) is 0 Å². The van der Waals surface area contributed by atoms with E-state index in [0.29, 0.717) is 0 Å². The van der Waals surface area contributed by atoms with Crippen molar-refractivity contribution in [3.8, 4) is 0 Å². The van der Waals surface area contributed by atoms with Gasteiger partial charge >= 0.3 is 0 Å². The van der Waals surface area contributed by atoms with Crippen LogP contribution >= 0.6 is 12.6 Å². The Labute approximate surface area is 91.1 Å². The van der Waals surface area contributed by atoms with Crippen molar-refractivity contribution >= 4 is 18.7 Å². The maximum absolute atomic E-state index is 4.28. The number of allylic oxidation sites excluding steroid dienone is 4. The molecule has 0 nitrogen and oxygen atoms in total. The second kappa shape index (κ2) is 5.51. The molecule has 0 bridgehead atoms. The second-order valence-electron chi connectivity index (χ2n) is 3.07. The fourth-order valence-corrected chi connectivity index (χ4v) is 1.33. The molecule has 1 heteroatoms. The average molecular weight is 202 g/mol. The van der Waals surface area contributed by atoms with Gasteiger partial charge in [0.2, 0.25) is 0 Å². The van der Waals surface area contributed by atoms with E-state index < -0.39 is 0 Å². The summed E-state index contributed by atoms with van der Waals surface area (Å²) in [6.45, 7) is 5.69. The van der Waals surface area contributed by atoms with Crippen LogP contribution in [0.15, 0.2) is 59.5 Å². The van der Waals surface area contributed by atoms with E-state index >= 15 is 0 Å². The third-order valence-corrected chi connectivity index (χ3v) is 2.07. The molecule has 0 atom stereocenters. The van der Waals surface area contributed by atoms with Crippen LogP contribution in [0, 0.1) is 0 Å². The summed E-state index contributed by atoms with van der Waals surface area (Å²) < 4.78 is 0. The quantitative estimate of drug-likeness (QED) is 0.553. The van der Waals surface area contributed by atoms with E-state index in [4.69, 9.17) is 0 Å². The van der Waals surface area contributed by atoms with Crippen LogP contribution in [0.2, 0.25) is 0 Å². The molecule has 1 aromatic rings. The van der Waals surface area contributed by atoms with Crippen LogP contribution < -0.4 is 0 Å². The van der Waals surface area contributed by atoms with Gasteiger partial charge in [0.25, 0.3) is 0 Å². The summed E-state index contributed by atoms with van der Waals surface area (Å²) >= 11 is 4.28. The first-order valence-corrected chi connectivity index (χ1v) is 4.93. The first-order chi connectivity index (χ1) is 6.72. The largest absolute Gasteiger partial charge is 0.143 e. The molecule has 1 aromatic carbocycles. The summed E-state index contributed by atoms with van der Waals surface area (Å²) in [7, 11) is 0. The molecule has 0 N–H and O–H groups in total. The van der Waals surface area contributed by atoms with E-state index in [1.165, 1.54) is 5.57 Å². The molecule has 0 fully saturated rings. The predicted molar refractivity (Wildman–Crippen MR) is 66.7 cm³/mol. The van der Waals surface area contributed by atoms with Gasteiger partial charge in [-0.1, -0.05) is 48.6 Å². The van der Waals surface area contributed by atoms with E-state index in [2.05, 4.69) is 37.4 Å². The predicted octanol–water partition coefficient (Wildman–Crippen LogP) is 4.12. The molecule has 0 spiro atoms. The molecule has 1 rings (SSSR count). The molecule has 0 aromatic heterocycles. The average Bonchev–Trinajstić information content (AvgIpc) is 2.15. The van der Waals surface area contributed by atoms with Crippen molar-refractivity contribution in [2.75, 3.05) is 0 Å². The topological polar surface area (TPSA) is 0 Å². The number of rotatable bonds is 3. The van der Waals surface area contributed by atoms with Crippen LogP contribution in [0.5, 0.6) is 0 Å². The molecule has 0 aliphatic heterocycles. The Bertz CT molecular complexity index is 373. The van der Waals surface area contributed by atoms with Crippen molar-refractivity contribution in [1.82, 2.24) is 0 Å². The first kappa shape index (κ1) is 10.9. The van der Waals surface area contributed by atoms with Crippen molar-refractivity contribution in [3.63, 3.8) is 0 Å². The minimum atomic E-state index is 0.984. The van der Waals surface area contributed by atoms with Crippen molar-refractivity contribution < 1.29 is 0 Å². The molecule has 0 saturated heterocycles. The molecule has 0 unspecified atom stereocenters. The van der Waals surface area contributed by atoms with Crippen LogP contribution in [0.25, 0.3) is 6.08 Å². The molecular formula is C13H14S. The standard InChI is InChI=1S/C13H14S/c1-3-5-11(2)8-9-12-6-4-7-13(14)10-12/h3-10,14H,1H2,2H3/b9-8-,11-5+. The molecule has 0 aliphatic rings. The number of hydrogen-bond donors (Lipinski definition) is 1. The molecular weight excluding hydrogens is 188 g/mol. The zero-order valence-electron chi connectivity index (χ0n) is 8.27. The summed E-state index contributed by atoms with van der Waals surface area (Å²) in [6.07, 6.45) is 7.88. The normalized spacial score (nSPS) is 12.0. The van der Waals surface area contributed by atoms with Gasteiger partial charge in [-0.15, -0.1) is 12.6 Å².